The topological polar surface area (TPSA) is 72.8 Å². The highest BCUT2D eigenvalue weighted by Crippen LogP contribution is 2.30. The number of hydrogen-bond acceptors (Lipinski definition) is 5. The van der Waals surface area contributed by atoms with Crippen molar-refractivity contribution in [2.24, 2.45) is 0 Å². The third-order valence-electron chi connectivity index (χ3n) is 4.15. The van der Waals surface area contributed by atoms with Crippen LogP contribution in [0.3, 0.4) is 0 Å². The molecule has 4 rings (SSSR count). The van der Waals surface area contributed by atoms with Crippen LogP contribution in [-0.2, 0) is 5.75 Å². The van der Waals surface area contributed by atoms with E-state index >= 15 is 0 Å². The fourth-order valence-corrected chi connectivity index (χ4v) is 3.93. The Hall–Kier alpha value is -2.84. The molecular formula is C19H14ClFN4O2S. The van der Waals surface area contributed by atoms with Crippen LogP contribution in [0.4, 0.5) is 4.39 Å². The molecule has 9 heteroatoms. The molecule has 0 bridgehead atoms. The van der Waals surface area contributed by atoms with E-state index in [0.29, 0.717) is 44.0 Å². The Balaban J connectivity index is 1.88. The van der Waals surface area contributed by atoms with Gasteiger partial charge in [0.15, 0.2) is 10.8 Å². The zero-order valence-electron chi connectivity index (χ0n) is 14.6. The van der Waals surface area contributed by atoms with Crippen LogP contribution in [0.15, 0.2) is 58.6 Å². The zero-order valence-corrected chi connectivity index (χ0v) is 16.2. The van der Waals surface area contributed by atoms with E-state index in [-0.39, 0.29) is 11.4 Å². The summed E-state index contributed by atoms with van der Waals surface area (Å²) in [5, 5.41) is 7.75. The van der Waals surface area contributed by atoms with Crippen molar-refractivity contribution < 1.29 is 9.13 Å². The molecule has 0 saturated carbocycles. The van der Waals surface area contributed by atoms with E-state index in [4.69, 9.17) is 16.3 Å². The third kappa shape index (κ3) is 3.36. The number of methoxy groups -OCH3 is 1. The lowest BCUT2D eigenvalue weighted by Gasteiger charge is -2.15. The summed E-state index contributed by atoms with van der Waals surface area (Å²) in [7, 11) is 1.51. The summed E-state index contributed by atoms with van der Waals surface area (Å²) >= 11 is 7.39. The van der Waals surface area contributed by atoms with Crippen LogP contribution < -0.4 is 10.3 Å². The Morgan fingerprint density at radius 1 is 1.29 bits per heavy atom. The average molecular weight is 417 g/mol. The van der Waals surface area contributed by atoms with Gasteiger partial charge in [0.1, 0.15) is 17.0 Å². The second-order valence-corrected chi connectivity index (χ2v) is 7.24. The third-order valence-corrected chi connectivity index (χ3v) is 5.37. The minimum atomic E-state index is -0.324. The summed E-state index contributed by atoms with van der Waals surface area (Å²) in [6.45, 7) is 0. The van der Waals surface area contributed by atoms with Gasteiger partial charge in [-0.25, -0.2) is 9.37 Å². The Kier molecular flexibility index (Phi) is 5.06. The summed E-state index contributed by atoms with van der Waals surface area (Å²) < 4.78 is 20.8. The molecule has 0 fully saturated rings. The number of nitrogens with zero attached hydrogens (tertiary/aromatic N) is 3. The molecule has 2 aromatic carbocycles. The summed E-state index contributed by atoms with van der Waals surface area (Å²) in [4.78, 5) is 17.7. The number of fused-ring (bicyclic) bond motifs is 1. The molecule has 0 saturated heterocycles. The molecule has 0 spiro atoms. The molecule has 4 aromatic rings. The molecule has 142 valence electrons. The first-order valence-corrected chi connectivity index (χ1v) is 9.61. The fraction of sp³-hybridized carbons (Fsp3) is 0.105. The second-order valence-electron chi connectivity index (χ2n) is 5.86. The number of halogens is 2. The maximum Gasteiger partial charge on any atom is 0.270 e. The highest BCUT2D eigenvalue weighted by atomic mass is 35.5. The van der Waals surface area contributed by atoms with E-state index in [2.05, 4.69) is 15.2 Å². The van der Waals surface area contributed by atoms with Gasteiger partial charge in [-0.3, -0.25) is 14.5 Å². The van der Waals surface area contributed by atoms with Gasteiger partial charge in [0.25, 0.3) is 5.56 Å². The number of nitrogens with one attached hydrogen (secondary N) is 1. The minimum Gasteiger partial charge on any atom is -0.495 e. The van der Waals surface area contributed by atoms with Crippen LogP contribution in [0.1, 0.15) is 5.56 Å². The van der Waals surface area contributed by atoms with E-state index in [1.165, 1.54) is 35.7 Å². The Morgan fingerprint density at radius 2 is 2.11 bits per heavy atom. The molecule has 0 aliphatic heterocycles. The fourth-order valence-electron chi connectivity index (χ4n) is 2.78. The normalized spacial score (nSPS) is 11.1. The molecule has 0 aliphatic carbocycles. The van der Waals surface area contributed by atoms with Crippen LogP contribution in [0.2, 0.25) is 5.02 Å². The summed E-state index contributed by atoms with van der Waals surface area (Å²) in [5.74, 6) is 0.442. The lowest BCUT2D eigenvalue weighted by molar-refractivity contribution is 0.411. The Morgan fingerprint density at radius 3 is 2.89 bits per heavy atom. The van der Waals surface area contributed by atoms with Gasteiger partial charge in [-0.1, -0.05) is 41.6 Å². The summed E-state index contributed by atoms with van der Waals surface area (Å²) in [6, 6.07) is 11.5. The highest BCUT2D eigenvalue weighted by molar-refractivity contribution is 7.98. The van der Waals surface area contributed by atoms with E-state index in [9.17, 15) is 9.18 Å². The smallest absolute Gasteiger partial charge is 0.270 e. The molecule has 2 aromatic heterocycles. The predicted molar refractivity (Wildman–Crippen MR) is 107 cm³/mol. The lowest BCUT2D eigenvalue weighted by atomic mass is 10.2. The number of aromatic amines is 1. The van der Waals surface area contributed by atoms with Gasteiger partial charge < -0.3 is 4.74 Å². The van der Waals surface area contributed by atoms with Crippen molar-refractivity contribution in [3.8, 4) is 11.4 Å². The number of H-pyrrole nitrogens is 1. The van der Waals surface area contributed by atoms with Crippen molar-refractivity contribution in [3.05, 3.63) is 75.4 Å². The first kappa shape index (κ1) is 18.5. The molecule has 28 heavy (non-hydrogen) atoms. The van der Waals surface area contributed by atoms with Gasteiger partial charge in [0.05, 0.1) is 19.0 Å². The van der Waals surface area contributed by atoms with Crippen LogP contribution >= 0.6 is 23.4 Å². The number of aromatic nitrogens is 4. The van der Waals surface area contributed by atoms with Crippen molar-refractivity contribution in [2.45, 2.75) is 10.9 Å². The molecule has 0 atom stereocenters. The number of rotatable bonds is 5. The summed E-state index contributed by atoms with van der Waals surface area (Å²) in [6.07, 6.45) is 1.42. The highest BCUT2D eigenvalue weighted by Gasteiger charge is 2.18. The van der Waals surface area contributed by atoms with Crippen molar-refractivity contribution >= 4 is 34.4 Å². The van der Waals surface area contributed by atoms with Gasteiger partial charge in [-0.2, -0.15) is 5.10 Å². The largest absolute Gasteiger partial charge is 0.495 e. The van der Waals surface area contributed by atoms with Crippen LogP contribution in [0.5, 0.6) is 5.75 Å². The van der Waals surface area contributed by atoms with Gasteiger partial charge in [-0.05, 0) is 29.8 Å². The minimum absolute atomic E-state index is 0.293. The quantitative estimate of drug-likeness (QED) is 0.390. The Labute approximate surface area is 168 Å². The molecule has 0 unspecified atom stereocenters. The summed E-state index contributed by atoms with van der Waals surface area (Å²) in [5.41, 5.74) is 0.997. The predicted octanol–water partition coefficient (Wildman–Crippen LogP) is 4.20. The first-order valence-electron chi connectivity index (χ1n) is 8.24. The van der Waals surface area contributed by atoms with E-state index in [1.54, 1.807) is 36.4 Å². The molecule has 0 radical (unpaired) electrons. The second kappa shape index (κ2) is 7.65. The number of ether oxygens (including phenoxy) is 1. The first-order chi connectivity index (χ1) is 13.6. The average Bonchev–Trinajstić information content (AvgIpc) is 3.16. The number of thioether (sulfide) groups is 1. The van der Waals surface area contributed by atoms with Crippen molar-refractivity contribution in [1.29, 1.82) is 0 Å². The maximum atomic E-state index is 14.0. The van der Waals surface area contributed by atoms with Gasteiger partial charge in [0.2, 0.25) is 0 Å². The van der Waals surface area contributed by atoms with Gasteiger partial charge in [0, 0.05) is 10.8 Å². The molecule has 0 amide bonds. The molecule has 1 N–H and O–H groups in total. The zero-order chi connectivity index (χ0) is 19.7. The number of benzene rings is 2. The van der Waals surface area contributed by atoms with Crippen LogP contribution in [0.25, 0.3) is 16.7 Å². The van der Waals surface area contributed by atoms with Gasteiger partial charge >= 0.3 is 0 Å². The lowest BCUT2D eigenvalue weighted by Crippen LogP contribution is -2.22. The molecule has 6 nitrogen and oxygen atoms in total. The van der Waals surface area contributed by atoms with Crippen LogP contribution in [0, 0.1) is 5.82 Å². The van der Waals surface area contributed by atoms with Crippen LogP contribution in [-0.4, -0.2) is 26.9 Å². The molecule has 2 heterocycles. The van der Waals surface area contributed by atoms with E-state index in [1.807, 2.05) is 0 Å². The van der Waals surface area contributed by atoms with E-state index < -0.39 is 0 Å². The van der Waals surface area contributed by atoms with Crippen molar-refractivity contribution in [2.75, 3.05) is 7.11 Å². The number of hydrogen-bond donors (Lipinski definition) is 1. The Bertz CT molecular complexity index is 1220. The molecule has 0 aliphatic rings. The monoisotopic (exact) mass is 416 g/mol. The maximum absolute atomic E-state index is 14.0. The van der Waals surface area contributed by atoms with E-state index in [0.717, 1.165) is 0 Å². The van der Waals surface area contributed by atoms with Crippen molar-refractivity contribution in [3.63, 3.8) is 0 Å². The standard InChI is InChI=1S/C19H14ClFN4O2S/c1-27-16-7-6-12(20)8-15(16)25-18(26)13-9-22-24-17(13)23-19(25)28-10-11-4-2-3-5-14(11)21/h2-9H,10H2,1H3,(H,22,24). The molecular weight excluding hydrogens is 403 g/mol. The SMILES string of the molecule is COc1ccc(Cl)cc1-n1c(SCc2ccccc2F)nc2[nH]ncc2c1=O. The van der Waals surface area contributed by atoms with Gasteiger partial charge in [-0.15, -0.1) is 0 Å². The van der Waals surface area contributed by atoms with Crippen molar-refractivity contribution in [1.82, 2.24) is 19.7 Å².